The number of para-hydroxylation sites is 1. The van der Waals surface area contributed by atoms with E-state index in [1.807, 2.05) is 37.3 Å². The van der Waals surface area contributed by atoms with Gasteiger partial charge in [0.1, 0.15) is 0 Å². The van der Waals surface area contributed by atoms with Gasteiger partial charge < -0.3 is 0 Å². The van der Waals surface area contributed by atoms with E-state index in [4.69, 9.17) is 0 Å². The SMILES string of the molecule is Cc1cc2c(cn1)-c1c(cnc3ccccc13)C2=O. The molecule has 0 bridgehead atoms. The van der Waals surface area contributed by atoms with Crippen LogP contribution in [0.15, 0.2) is 42.7 Å². The van der Waals surface area contributed by atoms with Crippen LogP contribution in [0.5, 0.6) is 0 Å². The Morgan fingerprint density at radius 3 is 2.63 bits per heavy atom. The van der Waals surface area contributed by atoms with Gasteiger partial charge in [-0.1, -0.05) is 18.2 Å². The van der Waals surface area contributed by atoms with Gasteiger partial charge in [-0.05, 0) is 19.1 Å². The molecule has 19 heavy (non-hydrogen) atoms. The maximum Gasteiger partial charge on any atom is 0.195 e. The molecule has 4 rings (SSSR count). The Morgan fingerprint density at radius 2 is 1.74 bits per heavy atom. The van der Waals surface area contributed by atoms with E-state index in [9.17, 15) is 4.79 Å². The molecule has 1 aliphatic rings. The van der Waals surface area contributed by atoms with Gasteiger partial charge in [0, 0.05) is 45.7 Å². The number of nitrogens with zero attached hydrogens (tertiary/aromatic N) is 2. The summed E-state index contributed by atoms with van der Waals surface area (Å²) < 4.78 is 0. The molecule has 0 N–H and O–H groups in total. The summed E-state index contributed by atoms with van der Waals surface area (Å²) in [5.74, 6) is 0.0498. The summed E-state index contributed by atoms with van der Waals surface area (Å²) in [7, 11) is 0. The monoisotopic (exact) mass is 246 g/mol. The predicted molar refractivity (Wildman–Crippen MR) is 73.1 cm³/mol. The van der Waals surface area contributed by atoms with E-state index in [0.29, 0.717) is 5.56 Å². The van der Waals surface area contributed by atoms with E-state index < -0.39 is 0 Å². The third-order valence-corrected chi connectivity index (χ3v) is 3.57. The molecule has 3 nitrogen and oxygen atoms in total. The Balaban J connectivity index is 2.18. The zero-order chi connectivity index (χ0) is 13.0. The van der Waals surface area contributed by atoms with Crippen LogP contribution in [-0.4, -0.2) is 15.8 Å². The van der Waals surface area contributed by atoms with Gasteiger partial charge in [0.2, 0.25) is 0 Å². The number of carbonyl (C=O) groups excluding carboxylic acids is 1. The maximum atomic E-state index is 12.4. The molecule has 2 aromatic heterocycles. The smallest absolute Gasteiger partial charge is 0.195 e. The largest absolute Gasteiger partial charge is 0.289 e. The number of carbonyl (C=O) groups is 1. The first kappa shape index (κ1) is 10.4. The van der Waals surface area contributed by atoms with Crippen molar-refractivity contribution in [1.29, 1.82) is 0 Å². The number of pyridine rings is 2. The summed E-state index contributed by atoms with van der Waals surface area (Å²) in [5, 5.41) is 1.01. The highest BCUT2D eigenvalue weighted by atomic mass is 16.1. The van der Waals surface area contributed by atoms with E-state index in [1.165, 1.54) is 0 Å². The lowest BCUT2D eigenvalue weighted by atomic mass is 10.0. The summed E-state index contributed by atoms with van der Waals surface area (Å²) >= 11 is 0. The number of rotatable bonds is 0. The standard InChI is InChI=1S/C16H10N2O/c1-9-6-11-12(7-17-9)15-10-4-2-3-5-14(10)18-8-13(15)16(11)19/h2-8H,1H3. The quantitative estimate of drug-likeness (QED) is 0.478. The Labute approximate surface area is 109 Å². The van der Waals surface area contributed by atoms with Crippen molar-refractivity contribution in [2.24, 2.45) is 0 Å². The third kappa shape index (κ3) is 1.30. The Bertz CT molecular complexity index is 852. The van der Waals surface area contributed by atoms with E-state index in [1.54, 1.807) is 12.4 Å². The molecular formula is C16H10N2O. The van der Waals surface area contributed by atoms with Crippen molar-refractivity contribution in [3.05, 3.63) is 59.5 Å². The fourth-order valence-corrected chi connectivity index (χ4v) is 2.70. The molecule has 3 heteroatoms. The predicted octanol–water partition coefficient (Wildman–Crippen LogP) is 3.15. The molecule has 0 aliphatic heterocycles. The number of hydrogen-bond acceptors (Lipinski definition) is 3. The van der Waals surface area contributed by atoms with Crippen LogP contribution in [0.2, 0.25) is 0 Å². The van der Waals surface area contributed by atoms with Gasteiger partial charge in [-0.25, -0.2) is 0 Å². The summed E-state index contributed by atoms with van der Waals surface area (Å²) in [6.07, 6.45) is 3.47. The van der Waals surface area contributed by atoms with Gasteiger partial charge in [0.25, 0.3) is 0 Å². The van der Waals surface area contributed by atoms with Gasteiger partial charge in [0.15, 0.2) is 5.78 Å². The number of aryl methyl sites for hydroxylation is 1. The average molecular weight is 246 g/mol. The molecule has 0 unspecified atom stereocenters. The topological polar surface area (TPSA) is 42.9 Å². The molecule has 0 saturated heterocycles. The molecule has 0 spiro atoms. The molecule has 3 aromatic rings. The number of fused-ring (bicyclic) bond motifs is 5. The van der Waals surface area contributed by atoms with Crippen LogP contribution in [0, 0.1) is 6.92 Å². The molecule has 0 saturated carbocycles. The van der Waals surface area contributed by atoms with E-state index in [-0.39, 0.29) is 5.78 Å². The van der Waals surface area contributed by atoms with Crippen LogP contribution >= 0.6 is 0 Å². The minimum Gasteiger partial charge on any atom is -0.289 e. The summed E-state index contributed by atoms with van der Waals surface area (Å²) in [6, 6.07) is 9.73. The molecule has 2 heterocycles. The molecule has 0 amide bonds. The Hall–Kier alpha value is -2.55. The van der Waals surface area contributed by atoms with Crippen molar-refractivity contribution in [2.45, 2.75) is 6.92 Å². The fraction of sp³-hybridized carbons (Fsp3) is 0.0625. The van der Waals surface area contributed by atoms with Crippen LogP contribution in [0.1, 0.15) is 21.6 Å². The van der Waals surface area contributed by atoms with Crippen molar-refractivity contribution >= 4 is 16.7 Å². The summed E-state index contributed by atoms with van der Waals surface area (Å²) in [6.45, 7) is 1.90. The molecule has 1 aromatic carbocycles. The Morgan fingerprint density at radius 1 is 0.947 bits per heavy atom. The molecule has 0 fully saturated rings. The van der Waals surface area contributed by atoms with Gasteiger partial charge in [0.05, 0.1) is 5.52 Å². The number of hydrogen-bond donors (Lipinski definition) is 0. The van der Waals surface area contributed by atoms with Crippen molar-refractivity contribution in [2.75, 3.05) is 0 Å². The molecule has 1 aliphatic carbocycles. The first-order chi connectivity index (χ1) is 9.25. The Kier molecular flexibility index (Phi) is 1.90. The van der Waals surface area contributed by atoms with Crippen molar-refractivity contribution < 1.29 is 4.79 Å². The maximum absolute atomic E-state index is 12.4. The molecule has 0 atom stereocenters. The van der Waals surface area contributed by atoms with Gasteiger partial charge in [-0.3, -0.25) is 14.8 Å². The lowest BCUT2D eigenvalue weighted by Crippen LogP contribution is -1.96. The highest BCUT2D eigenvalue weighted by Crippen LogP contribution is 2.40. The fourth-order valence-electron chi connectivity index (χ4n) is 2.70. The molecule has 0 radical (unpaired) electrons. The zero-order valence-electron chi connectivity index (χ0n) is 10.3. The normalized spacial score (nSPS) is 12.6. The van der Waals surface area contributed by atoms with E-state index >= 15 is 0 Å². The minimum atomic E-state index is 0.0498. The first-order valence-electron chi connectivity index (χ1n) is 6.15. The average Bonchev–Trinajstić information content (AvgIpc) is 2.72. The van der Waals surface area contributed by atoms with Crippen molar-refractivity contribution in [3.63, 3.8) is 0 Å². The second kappa shape index (κ2) is 3.48. The van der Waals surface area contributed by atoms with Crippen molar-refractivity contribution in [3.8, 4) is 11.1 Å². The summed E-state index contributed by atoms with van der Waals surface area (Å²) in [5.41, 5.74) is 5.07. The minimum absolute atomic E-state index is 0.0498. The highest BCUT2D eigenvalue weighted by Gasteiger charge is 2.29. The number of aromatic nitrogens is 2. The second-order valence-corrected chi connectivity index (χ2v) is 4.76. The van der Waals surface area contributed by atoms with Gasteiger partial charge >= 0.3 is 0 Å². The second-order valence-electron chi connectivity index (χ2n) is 4.76. The van der Waals surface area contributed by atoms with Crippen LogP contribution < -0.4 is 0 Å². The lowest BCUT2D eigenvalue weighted by molar-refractivity contribution is 0.104. The van der Waals surface area contributed by atoms with Crippen LogP contribution in [-0.2, 0) is 0 Å². The highest BCUT2D eigenvalue weighted by molar-refractivity contribution is 6.25. The van der Waals surface area contributed by atoms with Crippen LogP contribution in [0.3, 0.4) is 0 Å². The third-order valence-electron chi connectivity index (χ3n) is 3.57. The van der Waals surface area contributed by atoms with E-state index in [2.05, 4.69) is 9.97 Å². The van der Waals surface area contributed by atoms with Gasteiger partial charge in [-0.2, -0.15) is 0 Å². The lowest BCUT2D eigenvalue weighted by Gasteiger charge is -2.04. The van der Waals surface area contributed by atoms with Crippen LogP contribution in [0.4, 0.5) is 0 Å². The number of ketones is 1. The molecule has 90 valence electrons. The zero-order valence-corrected chi connectivity index (χ0v) is 10.3. The summed E-state index contributed by atoms with van der Waals surface area (Å²) in [4.78, 5) is 21.1. The van der Waals surface area contributed by atoms with E-state index in [0.717, 1.165) is 33.3 Å². The first-order valence-corrected chi connectivity index (χ1v) is 6.15. The number of benzene rings is 1. The van der Waals surface area contributed by atoms with Crippen molar-refractivity contribution in [1.82, 2.24) is 9.97 Å². The van der Waals surface area contributed by atoms with Crippen LogP contribution in [0.25, 0.3) is 22.0 Å². The molecular weight excluding hydrogens is 236 g/mol. The van der Waals surface area contributed by atoms with Gasteiger partial charge in [-0.15, -0.1) is 0 Å².